The third kappa shape index (κ3) is 7.19. The Morgan fingerprint density at radius 1 is 1.05 bits per heavy atom. The van der Waals surface area contributed by atoms with Crippen LogP contribution in [0.4, 0.5) is 22.4 Å². The zero-order valence-corrected chi connectivity index (χ0v) is 20.9. The van der Waals surface area contributed by atoms with Crippen molar-refractivity contribution < 1.29 is 46.2 Å². The van der Waals surface area contributed by atoms with E-state index in [9.17, 15) is 36.7 Å². The van der Waals surface area contributed by atoms with Gasteiger partial charge in [-0.15, -0.1) is 0 Å². The van der Waals surface area contributed by atoms with Gasteiger partial charge in [-0.1, -0.05) is 24.3 Å². The summed E-state index contributed by atoms with van der Waals surface area (Å²) < 4.78 is 62.4. The smallest absolute Gasteiger partial charge is 0.454 e. The lowest BCUT2D eigenvalue weighted by Gasteiger charge is -2.32. The Bertz CT molecular complexity index is 1280. The second-order valence-corrected chi connectivity index (χ2v) is 8.32. The number of alkyl halides is 3. The molecular weight excluding hydrogens is 526 g/mol. The molecule has 0 fully saturated rings. The Morgan fingerprint density at radius 3 is 2.31 bits per heavy atom. The number of ketones is 1. The van der Waals surface area contributed by atoms with E-state index < -0.39 is 47.3 Å². The van der Waals surface area contributed by atoms with Gasteiger partial charge in [-0.25, -0.2) is 14.0 Å². The number of halogens is 4. The first-order valence-electron chi connectivity index (χ1n) is 11.7. The third-order valence-electron chi connectivity index (χ3n) is 5.68. The molecular formula is C26H25F4N3O6. The minimum Gasteiger partial charge on any atom is -0.463 e. The first-order chi connectivity index (χ1) is 18.5. The Hall–Kier alpha value is -4.26. The molecule has 1 atom stereocenters. The zero-order valence-electron chi connectivity index (χ0n) is 20.9. The summed E-state index contributed by atoms with van der Waals surface area (Å²) >= 11 is 0. The largest absolute Gasteiger partial charge is 0.463 e. The molecule has 2 aromatic carbocycles. The van der Waals surface area contributed by atoms with E-state index in [0.29, 0.717) is 0 Å². The minimum absolute atomic E-state index is 0.000200. The van der Waals surface area contributed by atoms with Crippen LogP contribution in [0.5, 0.6) is 0 Å². The molecule has 0 bridgehead atoms. The number of methoxy groups -OCH3 is 1. The lowest BCUT2D eigenvalue weighted by atomic mass is 9.94. The molecule has 2 aromatic rings. The second kappa shape index (κ2) is 12.5. The van der Waals surface area contributed by atoms with Gasteiger partial charge in [-0.05, 0) is 36.8 Å². The number of rotatable bonds is 10. The summed E-state index contributed by atoms with van der Waals surface area (Å²) in [5, 5.41) is 5.06. The van der Waals surface area contributed by atoms with Crippen LogP contribution >= 0.6 is 0 Å². The van der Waals surface area contributed by atoms with Crippen molar-refractivity contribution in [2.75, 3.05) is 33.4 Å². The molecule has 9 nitrogen and oxygen atoms in total. The highest BCUT2D eigenvalue weighted by atomic mass is 19.4. The number of ether oxygens (including phenoxy) is 2. The second-order valence-electron chi connectivity index (χ2n) is 8.32. The molecule has 13 heteroatoms. The van der Waals surface area contributed by atoms with Crippen LogP contribution in [0.2, 0.25) is 0 Å². The zero-order chi connectivity index (χ0) is 28.7. The average molecular weight is 551 g/mol. The molecule has 1 aliphatic heterocycles. The maximum atomic E-state index is 14.0. The Kier molecular flexibility index (Phi) is 9.41. The Labute approximate surface area is 220 Å². The number of benzene rings is 2. The number of nitrogens with zero attached hydrogens (tertiary/aromatic N) is 1. The summed E-state index contributed by atoms with van der Waals surface area (Å²) in [4.78, 5) is 51.5. The topological polar surface area (TPSA) is 114 Å². The maximum Gasteiger partial charge on any atom is 0.454 e. The normalized spacial score (nSPS) is 15.3. The van der Waals surface area contributed by atoms with Gasteiger partial charge < -0.3 is 25.0 Å². The summed E-state index contributed by atoms with van der Waals surface area (Å²) in [7, 11) is 1.38. The van der Waals surface area contributed by atoms with Crippen LogP contribution in [0.15, 0.2) is 59.8 Å². The van der Waals surface area contributed by atoms with Crippen molar-refractivity contribution >= 4 is 23.7 Å². The van der Waals surface area contributed by atoms with E-state index in [1.165, 1.54) is 30.2 Å². The van der Waals surface area contributed by atoms with Gasteiger partial charge in [-0.3, -0.25) is 9.59 Å². The monoisotopic (exact) mass is 551 g/mol. The van der Waals surface area contributed by atoms with Crippen molar-refractivity contribution in [1.29, 1.82) is 0 Å². The van der Waals surface area contributed by atoms with Gasteiger partial charge in [0.05, 0.1) is 37.1 Å². The van der Waals surface area contributed by atoms with E-state index in [-0.39, 0.29) is 48.7 Å². The lowest BCUT2D eigenvalue weighted by Crippen LogP contribution is -2.49. The third-order valence-corrected chi connectivity index (χ3v) is 5.68. The van der Waals surface area contributed by atoms with Crippen LogP contribution in [0.25, 0.3) is 0 Å². The van der Waals surface area contributed by atoms with Crippen molar-refractivity contribution in [3.63, 3.8) is 0 Å². The van der Waals surface area contributed by atoms with Crippen LogP contribution in [0.3, 0.4) is 0 Å². The molecule has 0 saturated heterocycles. The predicted octanol–water partition coefficient (Wildman–Crippen LogP) is 3.53. The summed E-state index contributed by atoms with van der Waals surface area (Å²) in [6.45, 7) is 1.24. The van der Waals surface area contributed by atoms with E-state index in [0.717, 1.165) is 30.3 Å². The molecule has 2 N–H and O–H groups in total. The highest BCUT2D eigenvalue weighted by molar-refractivity contribution is 6.02. The number of urea groups is 1. The number of nitrogens with one attached hydrogen (secondary N) is 2. The SMILES string of the molecule is CCOC(=O)C1=C(CN(CCOC)C(=O)c2ccc(C(=O)C(F)(F)F)cc2)NC(=O)N[C@@H]1c1cccc(F)c1. The molecule has 208 valence electrons. The summed E-state index contributed by atoms with van der Waals surface area (Å²) in [5.74, 6) is -4.15. The summed E-state index contributed by atoms with van der Waals surface area (Å²) in [6.07, 6.45) is -5.07. The average Bonchev–Trinajstić information content (AvgIpc) is 2.89. The molecule has 0 spiro atoms. The summed E-state index contributed by atoms with van der Waals surface area (Å²) in [6, 6.07) is 7.33. The Balaban J connectivity index is 2.01. The van der Waals surface area contributed by atoms with Gasteiger partial charge in [-0.2, -0.15) is 13.2 Å². The fourth-order valence-corrected chi connectivity index (χ4v) is 3.88. The number of carbonyl (C=O) groups is 4. The molecule has 39 heavy (non-hydrogen) atoms. The van der Waals surface area contributed by atoms with Crippen molar-refractivity contribution in [2.45, 2.75) is 19.1 Å². The molecule has 3 amide bonds. The number of hydrogen-bond acceptors (Lipinski definition) is 6. The fraction of sp³-hybridized carbons (Fsp3) is 0.308. The molecule has 0 radical (unpaired) electrons. The van der Waals surface area contributed by atoms with E-state index >= 15 is 0 Å². The molecule has 1 heterocycles. The van der Waals surface area contributed by atoms with Gasteiger partial charge in [0, 0.05) is 24.8 Å². The van der Waals surface area contributed by atoms with E-state index in [1.54, 1.807) is 6.92 Å². The Morgan fingerprint density at radius 2 is 1.72 bits per heavy atom. The van der Waals surface area contributed by atoms with Gasteiger partial charge >= 0.3 is 18.2 Å². The van der Waals surface area contributed by atoms with Crippen LogP contribution in [0.1, 0.15) is 39.2 Å². The molecule has 3 rings (SSSR count). The van der Waals surface area contributed by atoms with Gasteiger partial charge in [0.1, 0.15) is 5.82 Å². The number of carbonyl (C=O) groups excluding carboxylic acids is 4. The van der Waals surface area contributed by atoms with Crippen LogP contribution in [-0.4, -0.2) is 68.2 Å². The van der Waals surface area contributed by atoms with E-state index in [1.807, 2.05) is 0 Å². The van der Waals surface area contributed by atoms with Gasteiger partial charge in [0.2, 0.25) is 0 Å². The van der Waals surface area contributed by atoms with Crippen molar-refractivity contribution in [3.8, 4) is 0 Å². The standard InChI is InChI=1S/C26H25F4N3O6/c1-3-39-24(36)20-19(31-25(37)32-21(20)17-5-4-6-18(27)13-17)14-33(11-12-38-2)23(35)16-9-7-15(8-10-16)22(34)26(28,29)30/h4-10,13,21H,3,11-12,14H2,1-2H3,(H2,31,32,37)/t21-/m1/s1. The first kappa shape index (κ1) is 29.3. The maximum absolute atomic E-state index is 14.0. The number of esters is 1. The van der Waals surface area contributed by atoms with E-state index in [2.05, 4.69) is 10.6 Å². The van der Waals surface area contributed by atoms with E-state index in [4.69, 9.17) is 9.47 Å². The fourth-order valence-electron chi connectivity index (χ4n) is 3.88. The van der Waals surface area contributed by atoms with Crippen molar-refractivity contribution in [1.82, 2.24) is 15.5 Å². The van der Waals surface area contributed by atoms with Crippen LogP contribution < -0.4 is 10.6 Å². The highest BCUT2D eigenvalue weighted by Gasteiger charge is 2.39. The predicted molar refractivity (Wildman–Crippen MR) is 129 cm³/mol. The van der Waals surface area contributed by atoms with Gasteiger partial charge in [0.15, 0.2) is 0 Å². The minimum atomic E-state index is -5.07. The van der Waals surface area contributed by atoms with Gasteiger partial charge in [0.25, 0.3) is 11.7 Å². The quantitative estimate of drug-likeness (QED) is 0.265. The van der Waals surface area contributed by atoms with Crippen molar-refractivity contribution in [2.24, 2.45) is 0 Å². The lowest BCUT2D eigenvalue weighted by molar-refractivity contribution is -0.139. The highest BCUT2D eigenvalue weighted by Crippen LogP contribution is 2.29. The molecule has 0 saturated carbocycles. The van der Waals surface area contributed by atoms with Crippen molar-refractivity contribution in [3.05, 3.63) is 82.3 Å². The van der Waals surface area contributed by atoms with Crippen LogP contribution in [-0.2, 0) is 14.3 Å². The number of hydrogen-bond donors (Lipinski definition) is 2. The molecule has 0 aliphatic carbocycles. The van der Waals surface area contributed by atoms with Crippen LogP contribution in [0, 0.1) is 5.82 Å². The number of Topliss-reactive ketones (excluding diaryl/α,β-unsaturated/α-hetero) is 1. The molecule has 0 unspecified atom stereocenters. The molecule has 0 aromatic heterocycles. The number of amides is 3. The molecule has 1 aliphatic rings. The first-order valence-corrected chi connectivity index (χ1v) is 11.7. The summed E-state index contributed by atoms with van der Waals surface area (Å²) in [5.41, 5.74) is -0.503.